The smallest absolute Gasteiger partial charge is 0.0627 e. The first-order valence-electron chi connectivity index (χ1n) is 5.27. The SMILES string of the molecule is N#CCC1(CS(=O)c2ccc(Cl)c(Cl)c2)CC1. The van der Waals surface area contributed by atoms with E-state index in [1.54, 1.807) is 18.2 Å². The highest BCUT2D eigenvalue weighted by molar-refractivity contribution is 7.85. The summed E-state index contributed by atoms with van der Waals surface area (Å²) in [6.07, 6.45) is 2.47. The summed E-state index contributed by atoms with van der Waals surface area (Å²) in [5.74, 6) is 0.540. The first kappa shape index (κ1) is 12.9. The Morgan fingerprint density at radius 2 is 2.06 bits per heavy atom. The molecule has 1 unspecified atom stereocenters. The molecule has 0 N–H and O–H groups in total. The molecule has 0 amide bonds. The van der Waals surface area contributed by atoms with Crippen molar-refractivity contribution in [2.45, 2.75) is 24.2 Å². The van der Waals surface area contributed by atoms with E-state index in [4.69, 9.17) is 28.5 Å². The Morgan fingerprint density at radius 1 is 1.35 bits per heavy atom. The van der Waals surface area contributed by atoms with Crippen LogP contribution < -0.4 is 0 Å². The van der Waals surface area contributed by atoms with Crippen molar-refractivity contribution < 1.29 is 4.21 Å². The van der Waals surface area contributed by atoms with Crippen LogP contribution in [0.1, 0.15) is 19.3 Å². The monoisotopic (exact) mass is 287 g/mol. The lowest BCUT2D eigenvalue weighted by Crippen LogP contribution is -2.11. The van der Waals surface area contributed by atoms with Gasteiger partial charge in [-0.1, -0.05) is 23.2 Å². The summed E-state index contributed by atoms with van der Waals surface area (Å²) in [5.41, 5.74) is -0.0221. The van der Waals surface area contributed by atoms with Crippen LogP contribution in [-0.4, -0.2) is 9.96 Å². The number of rotatable bonds is 4. The van der Waals surface area contributed by atoms with Crippen LogP contribution in [0.5, 0.6) is 0 Å². The van der Waals surface area contributed by atoms with E-state index < -0.39 is 10.8 Å². The second-order valence-electron chi connectivity index (χ2n) is 4.40. The van der Waals surface area contributed by atoms with E-state index in [1.807, 2.05) is 0 Å². The van der Waals surface area contributed by atoms with Gasteiger partial charge >= 0.3 is 0 Å². The second-order valence-corrected chi connectivity index (χ2v) is 6.67. The number of nitriles is 1. The molecule has 5 heteroatoms. The molecule has 0 bridgehead atoms. The number of hydrogen-bond acceptors (Lipinski definition) is 2. The summed E-state index contributed by atoms with van der Waals surface area (Å²) >= 11 is 11.7. The number of halogens is 2. The van der Waals surface area contributed by atoms with E-state index >= 15 is 0 Å². The maximum absolute atomic E-state index is 12.1. The lowest BCUT2D eigenvalue weighted by atomic mass is 10.1. The molecule has 2 rings (SSSR count). The molecule has 0 radical (unpaired) electrons. The van der Waals surface area contributed by atoms with Crippen molar-refractivity contribution in [2.24, 2.45) is 5.41 Å². The minimum Gasteiger partial charge on any atom is -0.254 e. The fourth-order valence-electron chi connectivity index (χ4n) is 1.70. The van der Waals surface area contributed by atoms with Crippen LogP contribution in [0.25, 0.3) is 0 Å². The molecule has 0 spiro atoms. The van der Waals surface area contributed by atoms with Gasteiger partial charge in [-0.3, -0.25) is 4.21 Å². The van der Waals surface area contributed by atoms with Crippen LogP contribution in [0.15, 0.2) is 23.1 Å². The van der Waals surface area contributed by atoms with Crippen molar-refractivity contribution >= 4 is 34.0 Å². The molecule has 1 aromatic carbocycles. The van der Waals surface area contributed by atoms with Crippen molar-refractivity contribution in [1.82, 2.24) is 0 Å². The van der Waals surface area contributed by atoms with Gasteiger partial charge in [-0.15, -0.1) is 0 Å². The Labute approximate surface area is 113 Å². The zero-order chi connectivity index (χ0) is 12.5. The van der Waals surface area contributed by atoms with Crippen molar-refractivity contribution in [1.29, 1.82) is 5.26 Å². The zero-order valence-corrected chi connectivity index (χ0v) is 11.4. The van der Waals surface area contributed by atoms with Gasteiger partial charge in [0.15, 0.2) is 0 Å². The van der Waals surface area contributed by atoms with Crippen LogP contribution in [0.4, 0.5) is 0 Å². The number of hydrogen-bond donors (Lipinski definition) is 0. The van der Waals surface area contributed by atoms with Gasteiger partial charge in [0, 0.05) is 17.1 Å². The van der Waals surface area contributed by atoms with E-state index in [1.165, 1.54) is 0 Å². The molecule has 1 aromatic rings. The first-order chi connectivity index (χ1) is 8.06. The minimum absolute atomic E-state index is 0.0221. The van der Waals surface area contributed by atoms with E-state index in [9.17, 15) is 4.21 Å². The van der Waals surface area contributed by atoms with Gasteiger partial charge in [0.1, 0.15) is 0 Å². The molecular weight excluding hydrogens is 277 g/mol. The third-order valence-corrected chi connectivity index (χ3v) is 5.40. The predicted molar refractivity (Wildman–Crippen MR) is 69.6 cm³/mol. The van der Waals surface area contributed by atoms with Gasteiger partial charge in [-0.25, -0.2) is 0 Å². The lowest BCUT2D eigenvalue weighted by Gasteiger charge is -2.10. The topological polar surface area (TPSA) is 40.9 Å². The molecule has 17 heavy (non-hydrogen) atoms. The van der Waals surface area contributed by atoms with E-state index in [0.717, 1.165) is 12.8 Å². The number of benzene rings is 1. The van der Waals surface area contributed by atoms with Crippen molar-refractivity contribution in [3.8, 4) is 6.07 Å². The summed E-state index contributed by atoms with van der Waals surface area (Å²) in [7, 11) is -1.10. The molecule has 1 aliphatic carbocycles. The molecule has 0 saturated heterocycles. The molecule has 2 nitrogen and oxygen atoms in total. The Hall–Kier alpha value is -0.560. The van der Waals surface area contributed by atoms with Gasteiger partial charge in [-0.05, 0) is 36.5 Å². The molecule has 1 fully saturated rings. The van der Waals surface area contributed by atoms with Crippen molar-refractivity contribution in [3.63, 3.8) is 0 Å². The Kier molecular flexibility index (Phi) is 3.77. The summed E-state index contributed by atoms with van der Waals surface area (Å²) < 4.78 is 12.1. The maximum atomic E-state index is 12.1. The van der Waals surface area contributed by atoms with E-state index in [2.05, 4.69) is 6.07 Å². The fourth-order valence-corrected chi connectivity index (χ4v) is 3.64. The normalized spacial score (nSPS) is 18.4. The lowest BCUT2D eigenvalue weighted by molar-refractivity contribution is 0.587. The summed E-state index contributed by atoms with van der Waals surface area (Å²) in [6, 6.07) is 7.19. The van der Waals surface area contributed by atoms with Crippen molar-refractivity contribution in [3.05, 3.63) is 28.2 Å². The third-order valence-electron chi connectivity index (χ3n) is 3.00. The van der Waals surface area contributed by atoms with Gasteiger partial charge in [0.05, 0.1) is 26.9 Å². The maximum Gasteiger partial charge on any atom is 0.0627 e. The predicted octanol–water partition coefficient (Wildman–Crippen LogP) is 3.79. The summed E-state index contributed by atoms with van der Waals surface area (Å²) in [5, 5.41) is 9.60. The average molecular weight is 288 g/mol. The highest BCUT2D eigenvalue weighted by Gasteiger charge is 2.43. The van der Waals surface area contributed by atoms with Gasteiger partial charge in [0.25, 0.3) is 0 Å². The van der Waals surface area contributed by atoms with Crippen molar-refractivity contribution in [2.75, 3.05) is 5.75 Å². The first-order valence-corrected chi connectivity index (χ1v) is 7.34. The molecule has 1 saturated carbocycles. The quantitative estimate of drug-likeness (QED) is 0.845. The molecule has 0 heterocycles. The molecule has 90 valence electrons. The third kappa shape index (κ3) is 3.01. The number of nitrogens with zero attached hydrogens (tertiary/aromatic N) is 1. The van der Waals surface area contributed by atoms with Gasteiger partial charge in [0.2, 0.25) is 0 Å². The molecule has 1 atom stereocenters. The second kappa shape index (κ2) is 4.97. The highest BCUT2D eigenvalue weighted by Crippen LogP contribution is 2.49. The van der Waals surface area contributed by atoms with E-state index in [0.29, 0.717) is 27.1 Å². The van der Waals surface area contributed by atoms with Gasteiger partial charge in [-0.2, -0.15) is 5.26 Å². The highest BCUT2D eigenvalue weighted by atomic mass is 35.5. The van der Waals surface area contributed by atoms with E-state index in [-0.39, 0.29) is 5.41 Å². The standard InChI is InChI=1S/C12H11Cl2NOS/c13-10-2-1-9(7-11(10)14)17(16)8-12(3-4-12)5-6-15/h1-2,7H,3-5,8H2. The van der Waals surface area contributed by atoms with Crippen LogP contribution in [0.2, 0.25) is 10.0 Å². The van der Waals surface area contributed by atoms with Crippen LogP contribution in [0, 0.1) is 16.7 Å². The Bertz CT molecular complexity index is 506. The Balaban J connectivity index is 2.10. The fraction of sp³-hybridized carbons (Fsp3) is 0.417. The van der Waals surface area contributed by atoms with Gasteiger partial charge < -0.3 is 0 Å². The average Bonchev–Trinajstić information content (AvgIpc) is 3.02. The molecule has 1 aliphatic rings. The molecular formula is C12H11Cl2NOS. The summed E-state index contributed by atoms with van der Waals surface area (Å²) in [4.78, 5) is 0.684. The molecule has 0 aliphatic heterocycles. The Morgan fingerprint density at radius 3 is 2.59 bits per heavy atom. The van der Waals surface area contributed by atoms with Crippen LogP contribution >= 0.6 is 23.2 Å². The summed E-state index contributed by atoms with van der Waals surface area (Å²) in [6.45, 7) is 0. The zero-order valence-electron chi connectivity index (χ0n) is 9.08. The largest absolute Gasteiger partial charge is 0.254 e. The molecule has 0 aromatic heterocycles. The van der Waals surface area contributed by atoms with Crippen LogP contribution in [-0.2, 0) is 10.8 Å². The minimum atomic E-state index is -1.10. The van der Waals surface area contributed by atoms with Crippen LogP contribution in [0.3, 0.4) is 0 Å².